The number of aromatic nitrogens is 2. The van der Waals surface area contributed by atoms with Crippen LogP contribution in [-0.2, 0) is 17.7 Å². The lowest BCUT2D eigenvalue weighted by atomic mass is 10.1. The molecule has 1 heterocycles. The fourth-order valence-electron chi connectivity index (χ4n) is 1.97. The second kappa shape index (κ2) is 6.32. The minimum Gasteiger partial charge on any atom is -0.461 e. The lowest BCUT2D eigenvalue weighted by Gasteiger charge is -2.04. The molecule has 0 aliphatic carbocycles. The predicted octanol–water partition coefficient (Wildman–Crippen LogP) is 2.75. The number of carbonyl (C=O) groups excluding carboxylic acids is 1. The van der Waals surface area contributed by atoms with E-state index in [9.17, 15) is 9.18 Å². The van der Waals surface area contributed by atoms with E-state index in [0.717, 1.165) is 11.3 Å². The van der Waals surface area contributed by atoms with E-state index in [1.54, 1.807) is 23.7 Å². The van der Waals surface area contributed by atoms with Crippen molar-refractivity contribution in [3.8, 4) is 0 Å². The summed E-state index contributed by atoms with van der Waals surface area (Å²) in [5.41, 5.74) is 2.09. The van der Waals surface area contributed by atoms with Gasteiger partial charge in [-0.25, -0.2) is 9.18 Å². The summed E-state index contributed by atoms with van der Waals surface area (Å²) in [4.78, 5) is 11.6. The van der Waals surface area contributed by atoms with Crippen molar-refractivity contribution in [3.05, 3.63) is 53.1 Å². The average Bonchev–Trinajstić information content (AvgIpc) is 2.78. The Morgan fingerprint density at radius 1 is 1.40 bits per heavy atom. The zero-order valence-electron chi connectivity index (χ0n) is 11.6. The third-order valence-corrected chi connectivity index (χ3v) is 2.97. The van der Waals surface area contributed by atoms with Crippen LogP contribution in [-0.4, -0.2) is 22.4 Å². The summed E-state index contributed by atoms with van der Waals surface area (Å²) < 4.78 is 19.7. The number of hydrogen-bond acceptors (Lipinski definition) is 3. The first-order chi connectivity index (χ1) is 9.60. The Bertz CT molecular complexity index is 608. The number of ether oxygens (including phenoxy) is 1. The molecule has 0 radical (unpaired) electrons. The van der Waals surface area contributed by atoms with Crippen LogP contribution < -0.4 is 0 Å². The Morgan fingerprint density at radius 3 is 2.90 bits per heavy atom. The summed E-state index contributed by atoms with van der Waals surface area (Å²) in [5.74, 6) is -0.660. The number of benzene rings is 1. The van der Waals surface area contributed by atoms with Crippen LogP contribution in [0, 0.1) is 12.7 Å². The molecule has 0 bridgehead atoms. The molecule has 0 saturated carbocycles. The van der Waals surface area contributed by atoms with Gasteiger partial charge in [0.05, 0.1) is 6.61 Å². The van der Waals surface area contributed by atoms with Gasteiger partial charge in [0.25, 0.3) is 0 Å². The molecule has 0 spiro atoms. The van der Waals surface area contributed by atoms with Gasteiger partial charge in [0.1, 0.15) is 5.82 Å². The fraction of sp³-hybridized carbons (Fsp3) is 0.333. The molecule has 0 saturated heterocycles. The zero-order chi connectivity index (χ0) is 14.5. The Labute approximate surface area is 117 Å². The summed E-state index contributed by atoms with van der Waals surface area (Å²) in [5, 5.41) is 4.21. The van der Waals surface area contributed by atoms with Crippen molar-refractivity contribution in [2.24, 2.45) is 0 Å². The third-order valence-electron chi connectivity index (χ3n) is 2.97. The first-order valence-corrected chi connectivity index (χ1v) is 6.56. The smallest absolute Gasteiger partial charge is 0.358 e. The van der Waals surface area contributed by atoms with Crippen LogP contribution >= 0.6 is 0 Å². The maximum Gasteiger partial charge on any atom is 0.358 e. The van der Waals surface area contributed by atoms with Crippen molar-refractivity contribution < 1.29 is 13.9 Å². The monoisotopic (exact) mass is 276 g/mol. The molecule has 0 amide bonds. The maximum absolute atomic E-state index is 13.1. The second-order valence-electron chi connectivity index (χ2n) is 4.49. The molecule has 0 N–H and O–H groups in total. The summed E-state index contributed by atoms with van der Waals surface area (Å²) in [6.07, 6.45) is 0.655. The number of carbonyl (C=O) groups is 1. The summed E-state index contributed by atoms with van der Waals surface area (Å²) >= 11 is 0. The SMILES string of the molecule is CCOC(=O)c1cc(C)n(CCc2cccc(F)c2)n1. The lowest BCUT2D eigenvalue weighted by Crippen LogP contribution is -2.09. The summed E-state index contributed by atoms with van der Waals surface area (Å²) in [6.45, 7) is 4.55. The van der Waals surface area contributed by atoms with Gasteiger partial charge in [0, 0.05) is 12.2 Å². The Morgan fingerprint density at radius 2 is 2.20 bits per heavy atom. The number of nitrogens with zero attached hydrogens (tertiary/aromatic N) is 2. The molecule has 0 aliphatic rings. The Balaban J connectivity index is 2.05. The Kier molecular flexibility index (Phi) is 4.50. The van der Waals surface area contributed by atoms with Gasteiger partial charge >= 0.3 is 5.97 Å². The van der Waals surface area contributed by atoms with E-state index in [-0.39, 0.29) is 5.82 Å². The highest BCUT2D eigenvalue weighted by Crippen LogP contribution is 2.09. The first kappa shape index (κ1) is 14.2. The van der Waals surface area contributed by atoms with Crippen molar-refractivity contribution in [2.45, 2.75) is 26.8 Å². The number of esters is 1. The van der Waals surface area contributed by atoms with Crippen molar-refractivity contribution >= 4 is 5.97 Å². The molecule has 2 aromatic rings. The highest BCUT2D eigenvalue weighted by atomic mass is 19.1. The van der Waals surface area contributed by atoms with E-state index in [4.69, 9.17) is 4.74 Å². The minimum atomic E-state index is -0.417. The highest BCUT2D eigenvalue weighted by Gasteiger charge is 2.12. The van der Waals surface area contributed by atoms with Crippen LogP contribution in [0.5, 0.6) is 0 Å². The first-order valence-electron chi connectivity index (χ1n) is 6.56. The number of halogens is 1. The predicted molar refractivity (Wildman–Crippen MR) is 73.0 cm³/mol. The molecule has 0 aliphatic heterocycles. The molecule has 4 nitrogen and oxygen atoms in total. The van der Waals surface area contributed by atoms with Crippen LogP contribution in [0.1, 0.15) is 28.7 Å². The van der Waals surface area contributed by atoms with Crippen molar-refractivity contribution in [3.63, 3.8) is 0 Å². The van der Waals surface area contributed by atoms with Crippen LogP contribution in [0.2, 0.25) is 0 Å². The molecule has 106 valence electrons. The largest absolute Gasteiger partial charge is 0.461 e. The third kappa shape index (κ3) is 3.44. The van der Waals surface area contributed by atoms with Crippen molar-refractivity contribution in [1.82, 2.24) is 9.78 Å². The minimum absolute atomic E-state index is 0.244. The Hall–Kier alpha value is -2.17. The molecule has 5 heteroatoms. The second-order valence-corrected chi connectivity index (χ2v) is 4.49. The molecule has 2 rings (SSSR count). The molecule has 20 heavy (non-hydrogen) atoms. The molecular weight excluding hydrogens is 259 g/mol. The van der Waals surface area contributed by atoms with Gasteiger partial charge in [-0.1, -0.05) is 12.1 Å². The van der Waals surface area contributed by atoms with E-state index in [1.807, 2.05) is 13.0 Å². The molecule has 0 unspecified atom stereocenters. The van der Waals surface area contributed by atoms with Gasteiger partial charge in [-0.05, 0) is 44.0 Å². The standard InChI is InChI=1S/C15H17FN2O2/c1-3-20-15(19)14-9-11(2)18(17-14)8-7-12-5-4-6-13(16)10-12/h4-6,9-10H,3,7-8H2,1-2H3. The number of hydrogen-bond donors (Lipinski definition) is 0. The number of aryl methyl sites for hydroxylation is 3. The van der Waals surface area contributed by atoms with Crippen molar-refractivity contribution in [2.75, 3.05) is 6.61 Å². The molecule has 0 fully saturated rings. The normalized spacial score (nSPS) is 10.6. The quantitative estimate of drug-likeness (QED) is 0.789. The average molecular weight is 276 g/mol. The number of rotatable bonds is 5. The fourth-order valence-corrected chi connectivity index (χ4v) is 1.97. The van der Waals surface area contributed by atoms with E-state index in [1.165, 1.54) is 12.1 Å². The summed E-state index contributed by atoms with van der Waals surface area (Å²) in [7, 11) is 0. The molecular formula is C15H17FN2O2. The lowest BCUT2D eigenvalue weighted by molar-refractivity contribution is 0.0518. The van der Waals surface area contributed by atoms with Crippen LogP contribution in [0.15, 0.2) is 30.3 Å². The van der Waals surface area contributed by atoms with Gasteiger partial charge in [-0.2, -0.15) is 5.10 Å². The van der Waals surface area contributed by atoms with Gasteiger partial charge in [-0.3, -0.25) is 4.68 Å². The van der Waals surface area contributed by atoms with Gasteiger partial charge in [0.2, 0.25) is 0 Å². The van der Waals surface area contributed by atoms with Crippen LogP contribution in [0.25, 0.3) is 0 Å². The molecule has 1 aromatic heterocycles. The van der Waals surface area contributed by atoms with E-state index < -0.39 is 5.97 Å². The van der Waals surface area contributed by atoms with Crippen LogP contribution in [0.4, 0.5) is 4.39 Å². The highest BCUT2D eigenvalue weighted by molar-refractivity contribution is 5.87. The summed E-state index contributed by atoms with van der Waals surface area (Å²) in [6, 6.07) is 8.18. The zero-order valence-corrected chi connectivity index (χ0v) is 11.6. The van der Waals surface area contributed by atoms with Gasteiger partial charge < -0.3 is 4.74 Å². The maximum atomic E-state index is 13.1. The van der Waals surface area contributed by atoms with Gasteiger partial charge in [-0.15, -0.1) is 0 Å². The van der Waals surface area contributed by atoms with Crippen LogP contribution in [0.3, 0.4) is 0 Å². The van der Waals surface area contributed by atoms with E-state index in [0.29, 0.717) is 25.3 Å². The van der Waals surface area contributed by atoms with Gasteiger partial charge in [0.15, 0.2) is 5.69 Å². The molecule has 0 atom stereocenters. The van der Waals surface area contributed by atoms with Crippen molar-refractivity contribution in [1.29, 1.82) is 0 Å². The van der Waals surface area contributed by atoms with E-state index >= 15 is 0 Å². The van der Waals surface area contributed by atoms with E-state index in [2.05, 4.69) is 5.10 Å². The molecule has 1 aromatic carbocycles. The topological polar surface area (TPSA) is 44.1 Å².